The van der Waals surface area contributed by atoms with E-state index in [1.165, 1.54) is 16.7 Å². The second-order valence-corrected chi connectivity index (χ2v) is 7.76. The second-order valence-electron chi connectivity index (χ2n) is 7.76. The van der Waals surface area contributed by atoms with Crippen molar-refractivity contribution in [1.29, 1.82) is 0 Å². The van der Waals surface area contributed by atoms with Gasteiger partial charge >= 0.3 is 0 Å². The van der Waals surface area contributed by atoms with E-state index in [4.69, 9.17) is 0 Å². The zero-order valence-electron chi connectivity index (χ0n) is 16.3. The third-order valence-electron chi connectivity index (χ3n) is 6.41. The molecule has 1 N–H and O–H groups in total. The minimum absolute atomic E-state index is 0.0475. The molecule has 2 atom stereocenters. The molecule has 1 aliphatic carbocycles. The molecule has 2 aromatic carbocycles. The van der Waals surface area contributed by atoms with Gasteiger partial charge in [-0.05, 0) is 36.5 Å². The predicted molar refractivity (Wildman–Crippen MR) is 109 cm³/mol. The minimum Gasteiger partial charge on any atom is -0.337 e. The number of amides is 1. The minimum atomic E-state index is -0.531. The van der Waals surface area contributed by atoms with E-state index < -0.39 is 5.54 Å². The van der Waals surface area contributed by atoms with Crippen molar-refractivity contribution < 1.29 is 4.79 Å². The molecule has 142 valence electrons. The van der Waals surface area contributed by atoms with Gasteiger partial charge in [0.25, 0.3) is 0 Å². The Morgan fingerprint density at radius 1 is 1.07 bits per heavy atom. The molecule has 1 fully saturated rings. The molecule has 0 saturated carbocycles. The molecule has 0 bridgehead atoms. The van der Waals surface area contributed by atoms with Crippen LogP contribution in [0.3, 0.4) is 0 Å². The van der Waals surface area contributed by atoms with Crippen molar-refractivity contribution in [2.75, 3.05) is 33.2 Å². The Labute approximate surface area is 162 Å². The number of fused-ring (bicyclic) bond motifs is 1. The first-order chi connectivity index (χ1) is 13.1. The lowest BCUT2D eigenvalue weighted by Gasteiger charge is -2.45. The number of hydrogen-bond donors (Lipinski definition) is 1. The van der Waals surface area contributed by atoms with E-state index in [-0.39, 0.29) is 11.9 Å². The van der Waals surface area contributed by atoms with Gasteiger partial charge in [-0.2, -0.15) is 0 Å². The summed E-state index contributed by atoms with van der Waals surface area (Å²) >= 11 is 0. The van der Waals surface area contributed by atoms with E-state index in [9.17, 15) is 4.79 Å². The monoisotopic (exact) mass is 363 g/mol. The van der Waals surface area contributed by atoms with Crippen molar-refractivity contribution in [2.45, 2.75) is 31.3 Å². The normalized spacial score (nSPS) is 23.6. The summed E-state index contributed by atoms with van der Waals surface area (Å²) in [6.07, 6.45) is 1.84. The van der Waals surface area contributed by atoms with Gasteiger partial charge in [0.2, 0.25) is 5.91 Å². The molecule has 1 amide bonds. The van der Waals surface area contributed by atoms with Gasteiger partial charge in [-0.1, -0.05) is 54.6 Å². The Kier molecular flexibility index (Phi) is 5.02. The lowest BCUT2D eigenvalue weighted by Crippen LogP contribution is -2.60. The van der Waals surface area contributed by atoms with E-state index in [1.54, 1.807) is 0 Å². The van der Waals surface area contributed by atoms with Crippen LogP contribution in [0.5, 0.6) is 0 Å². The summed E-state index contributed by atoms with van der Waals surface area (Å²) in [5.41, 5.74) is 3.18. The number of aryl methyl sites for hydroxylation is 1. The summed E-state index contributed by atoms with van der Waals surface area (Å²) in [5.74, 6) is 0.228. The van der Waals surface area contributed by atoms with Gasteiger partial charge in [0.05, 0.1) is 6.04 Å². The molecule has 0 spiro atoms. The van der Waals surface area contributed by atoms with Crippen LogP contribution >= 0.6 is 0 Å². The Balaban J connectivity index is 1.72. The average molecular weight is 364 g/mol. The molecule has 1 saturated heterocycles. The number of hydrogen-bond acceptors (Lipinski definition) is 3. The number of carbonyl (C=O) groups is 1. The van der Waals surface area contributed by atoms with Gasteiger partial charge in [0, 0.05) is 33.2 Å². The van der Waals surface area contributed by atoms with Gasteiger partial charge in [0.1, 0.15) is 5.54 Å². The van der Waals surface area contributed by atoms with Gasteiger partial charge in [-0.25, -0.2) is 0 Å². The van der Waals surface area contributed by atoms with Crippen molar-refractivity contribution in [3.63, 3.8) is 0 Å². The van der Waals surface area contributed by atoms with Crippen LogP contribution in [0.25, 0.3) is 0 Å². The van der Waals surface area contributed by atoms with Crippen LogP contribution in [0.1, 0.15) is 36.1 Å². The molecular formula is C23H29N3O. The highest BCUT2D eigenvalue weighted by molar-refractivity contribution is 5.89. The SMILES string of the molecule is C[C@H](c1ccccc1)N(C)C(=O)[C@]1(N2CCNCC2)CCc2ccccc21. The van der Waals surface area contributed by atoms with Crippen molar-refractivity contribution in [3.8, 4) is 0 Å². The van der Waals surface area contributed by atoms with Crippen LogP contribution in [0.15, 0.2) is 54.6 Å². The number of nitrogens with zero attached hydrogens (tertiary/aromatic N) is 2. The topological polar surface area (TPSA) is 35.6 Å². The average Bonchev–Trinajstić information content (AvgIpc) is 3.14. The first-order valence-corrected chi connectivity index (χ1v) is 10.0. The standard InChI is InChI=1S/C23H29N3O/c1-18(19-8-4-3-5-9-19)25(2)22(27)23(26-16-14-24-15-17-26)13-12-20-10-6-7-11-21(20)23/h3-11,18,24H,12-17H2,1-2H3/t18-,23+/m1/s1. The highest BCUT2D eigenvalue weighted by Gasteiger charge is 2.51. The number of likely N-dealkylation sites (N-methyl/N-ethyl adjacent to an activating group) is 1. The first kappa shape index (κ1) is 18.2. The Bertz CT molecular complexity index is 800. The molecule has 4 heteroatoms. The molecule has 4 rings (SSSR count). The van der Waals surface area contributed by atoms with Crippen molar-refractivity contribution >= 4 is 5.91 Å². The molecule has 27 heavy (non-hydrogen) atoms. The van der Waals surface area contributed by atoms with E-state index in [0.717, 1.165) is 39.0 Å². The lowest BCUT2D eigenvalue weighted by atomic mass is 9.86. The lowest BCUT2D eigenvalue weighted by molar-refractivity contribution is -0.147. The molecule has 0 radical (unpaired) electrons. The van der Waals surface area contributed by atoms with Crippen LogP contribution in [-0.2, 0) is 16.8 Å². The van der Waals surface area contributed by atoms with Gasteiger partial charge in [-0.15, -0.1) is 0 Å². The summed E-state index contributed by atoms with van der Waals surface area (Å²) in [6.45, 7) is 5.82. The number of nitrogens with one attached hydrogen (secondary N) is 1. The molecular weight excluding hydrogens is 334 g/mol. The number of carbonyl (C=O) groups excluding carboxylic acids is 1. The molecule has 1 heterocycles. The summed E-state index contributed by atoms with van der Waals surface area (Å²) in [7, 11) is 1.96. The summed E-state index contributed by atoms with van der Waals surface area (Å²) in [5, 5.41) is 3.43. The van der Waals surface area contributed by atoms with Crippen LogP contribution < -0.4 is 5.32 Å². The fourth-order valence-electron chi connectivity index (χ4n) is 4.75. The molecule has 1 aliphatic heterocycles. The Morgan fingerprint density at radius 2 is 1.74 bits per heavy atom. The maximum absolute atomic E-state index is 14.0. The number of piperazine rings is 1. The van der Waals surface area contributed by atoms with E-state index in [0.29, 0.717) is 0 Å². The van der Waals surface area contributed by atoms with Gasteiger partial charge in [0.15, 0.2) is 0 Å². The predicted octanol–water partition coefficient (Wildman–Crippen LogP) is 2.95. The quantitative estimate of drug-likeness (QED) is 0.907. The summed E-state index contributed by atoms with van der Waals surface area (Å²) in [6, 6.07) is 18.9. The maximum Gasteiger partial charge on any atom is 0.247 e. The van der Waals surface area contributed by atoms with Crippen molar-refractivity contribution in [2.24, 2.45) is 0 Å². The second kappa shape index (κ2) is 7.45. The van der Waals surface area contributed by atoms with E-state index >= 15 is 0 Å². The van der Waals surface area contributed by atoms with Crippen molar-refractivity contribution in [1.82, 2.24) is 15.1 Å². The fourth-order valence-corrected chi connectivity index (χ4v) is 4.75. The van der Waals surface area contributed by atoms with E-state index in [2.05, 4.69) is 53.5 Å². The Morgan fingerprint density at radius 3 is 2.48 bits per heavy atom. The van der Waals surface area contributed by atoms with Crippen LogP contribution in [0, 0.1) is 0 Å². The zero-order valence-corrected chi connectivity index (χ0v) is 16.3. The van der Waals surface area contributed by atoms with Crippen molar-refractivity contribution in [3.05, 3.63) is 71.3 Å². The van der Waals surface area contributed by atoms with Crippen LogP contribution in [0.2, 0.25) is 0 Å². The van der Waals surface area contributed by atoms with Gasteiger partial charge < -0.3 is 10.2 Å². The molecule has 2 aromatic rings. The first-order valence-electron chi connectivity index (χ1n) is 10.0. The molecule has 2 aliphatic rings. The zero-order chi connectivity index (χ0) is 18.9. The number of benzene rings is 2. The summed E-state index contributed by atoms with van der Waals surface area (Å²) in [4.78, 5) is 18.4. The maximum atomic E-state index is 14.0. The number of rotatable bonds is 4. The van der Waals surface area contributed by atoms with Gasteiger partial charge in [-0.3, -0.25) is 9.69 Å². The largest absolute Gasteiger partial charge is 0.337 e. The molecule has 0 unspecified atom stereocenters. The smallest absolute Gasteiger partial charge is 0.247 e. The highest BCUT2D eigenvalue weighted by atomic mass is 16.2. The van der Waals surface area contributed by atoms with Crippen LogP contribution in [-0.4, -0.2) is 48.9 Å². The van der Waals surface area contributed by atoms with Crippen LogP contribution in [0.4, 0.5) is 0 Å². The van der Waals surface area contributed by atoms with E-state index in [1.807, 2.05) is 30.1 Å². The highest BCUT2D eigenvalue weighted by Crippen LogP contribution is 2.44. The fraction of sp³-hybridized carbons (Fsp3) is 0.435. The molecule has 4 nitrogen and oxygen atoms in total. The molecule has 0 aromatic heterocycles. The third kappa shape index (κ3) is 3.07. The summed E-state index contributed by atoms with van der Waals surface area (Å²) < 4.78 is 0. The third-order valence-corrected chi connectivity index (χ3v) is 6.41. The Hall–Kier alpha value is -2.17.